The highest BCUT2D eigenvalue weighted by Gasteiger charge is 2.42. The SMILES string of the molecule is CC(C)/C=N/NC(=O)CCCCCNC(=O)CCCCC1SCC2NC(=O)CC21. The summed E-state index contributed by atoms with van der Waals surface area (Å²) in [6.07, 6.45) is 9.06. The molecule has 2 aliphatic heterocycles. The lowest BCUT2D eigenvalue weighted by atomic mass is 9.94. The van der Waals surface area contributed by atoms with Gasteiger partial charge in [-0.1, -0.05) is 26.7 Å². The standard InChI is InChI=1S/C21H36N4O3S/c1-15(2)13-23-25-20(27)10-4-3-7-11-22-19(26)9-6-5-8-18-16-12-21(28)24-17(16)14-29-18/h13,15-18H,3-12,14H2,1-2H3,(H,22,26)(H,24,28)(H,25,27)/b23-13+. The fourth-order valence-electron chi connectivity index (χ4n) is 3.78. The van der Waals surface area contributed by atoms with Gasteiger partial charge in [-0.15, -0.1) is 0 Å². The summed E-state index contributed by atoms with van der Waals surface area (Å²) in [5, 5.41) is 10.5. The van der Waals surface area contributed by atoms with Crippen LogP contribution in [0.25, 0.3) is 0 Å². The molecule has 2 heterocycles. The second-order valence-corrected chi connectivity index (χ2v) is 9.65. The molecule has 2 aliphatic rings. The number of carbonyl (C=O) groups excluding carboxylic acids is 3. The van der Waals surface area contributed by atoms with Crippen molar-refractivity contribution in [2.75, 3.05) is 12.3 Å². The Hall–Kier alpha value is -1.57. The van der Waals surface area contributed by atoms with Crippen LogP contribution in [0.15, 0.2) is 5.10 Å². The minimum Gasteiger partial charge on any atom is -0.356 e. The molecule has 0 aromatic heterocycles. The van der Waals surface area contributed by atoms with Crippen LogP contribution >= 0.6 is 11.8 Å². The van der Waals surface area contributed by atoms with Gasteiger partial charge in [-0.25, -0.2) is 5.43 Å². The molecule has 7 nitrogen and oxygen atoms in total. The van der Waals surface area contributed by atoms with E-state index in [4.69, 9.17) is 0 Å². The number of rotatable bonds is 13. The Balaban J connectivity index is 1.40. The lowest BCUT2D eigenvalue weighted by Crippen LogP contribution is -2.29. The second kappa shape index (κ2) is 12.9. The van der Waals surface area contributed by atoms with Crippen LogP contribution in [0.3, 0.4) is 0 Å². The lowest BCUT2D eigenvalue weighted by Gasteiger charge is -2.15. The Labute approximate surface area is 178 Å². The summed E-state index contributed by atoms with van der Waals surface area (Å²) in [7, 11) is 0. The van der Waals surface area contributed by atoms with Crippen molar-refractivity contribution in [2.45, 2.75) is 82.9 Å². The van der Waals surface area contributed by atoms with Crippen molar-refractivity contribution < 1.29 is 14.4 Å². The van der Waals surface area contributed by atoms with Crippen LogP contribution in [0, 0.1) is 11.8 Å². The summed E-state index contributed by atoms with van der Waals surface area (Å²) in [5.41, 5.74) is 2.53. The van der Waals surface area contributed by atoms with E-state index in [1.54, 1.807) is 6.21 Å². The number of hydrazone groups is 1. The maximum Gasteiger partial charge on any atom is 0.240 e. The van der Waals surface area contributed by atoms with Crippen molar-refractivity contribution in [1.82, 2.24) is 16.1 Å². The summed E-state index contributed by atoms with van der Waals surface area (Å²) in [4.78, 5) is 35.0. The van der Waals surface area contributed by atoms with E-state index >= 15 is 0 Å². The number of nitrogens with one attached hydrogen (secondary N) is 3. The van der Waals surface area contributed by atoms with E-state index in [1.165, 1.54) is 0 Å². The topological polar surface area (TPSA) is 99.7 Å². The third-order valence-corrected chi connectivity index (χ3v) is 6.92. The van der Waals surface area contributed by atoms with Gasteiger partial charge in [-0.3, -0.25) is 14.4 Å². The molecule has 29 heavy (non-hydrogen) atoms. The Bertz CT molecular complexity index is 582. The van der Waals surface area contributed by atoms with Gasteiger partial charge in [0.25, 0.3) is 0 Å². The minimum absolute atomic E-state index is 0.0598. The van der Waals surface area contributed by atoms with Crippen LogP contribution in [0.2, 0.25) is 0 Å². The number of amides is 3. The molecule has 0 aliphatic carbocycles. The van der Waals surface area contributed by atoms with E-state index in [1.807, 2.05) is 25.6 Å². The predicted molar refractivity (Wildman–Crippen MR) is 118 cm³/mol. The summed E-state index contributed by atoms with van der Waals surface area (Å²) in [6.45, 7) is 4.68. The van der Waals surface area contributed by atoms with Crippen LogP contribution in [0.1, 0.15) is 71.6 Å². The largest absolute Gasteiger partial charge is 0.356 e. The zero-order chi connectivity index (χ0) is 21.1. The molecule has 0 aromatic carbocycles. The Morgan fingerprint density at radius 3 is 2.72 bits per heavy atom. The summed E-state index contributed by atoms with van der Waals surface area (Å²) in [6, 6.07) is 0.375. The molecule has 3 N–H and O–H groups in total. The van der Waals surface area contributed by atoms with Gasteiger partial charge in [0.15, 0.2) is 0 Å². The van der Waals surface area contributed by atoms with E-state index in [0.29, 0.717) is 48.9 Å². The van der Waals surface area contributed by atoms with Gasteiger partial charge < -0.3 is 10.6 Å². The number of hydrogen-bond acceptors (Lipinski definition) is 5. The van der Waals surface area contributed by atoms with Crippen molar-refractivity contribution in [3.8, 4) is 0 Å². The molecule has 2 rings (SSSR count). The number of hydrogen-bond donors (Lipinski definition) is 3. The number of fused-ring (bicyclic) bond motifs is 1. The van der Waals surface area contributed by atoms with Crippen LogP contribution < -0.4 is 16.1 Å². The average Bonchev–Trinajstić information content (AvgIpc) is 3.20. The van der Waals surface area contributed by atoms with Gasteiger partial charge >= 0.3 is 0 Å². The highest BCUT2D eigenvalue weighted by molar-refractivity contribution is 8.00. The third kappa shape index (κ3) is 9.19. The molecule has 2 fully saturated rings. The van der Waals surface area contributed by atoms with E-state index < -0.39 is 0 Å². The molecule has 0 saturated carbocycles. The van der Waals surface area contributed by atoms with Crippen LogP contribution in [-0.2, 0) is 14.4 Å². The number of carbonyl (C=O) groups is 3. The van der Waals surface area contributed by atoms with Gasteiger partial charge in [0, 0.05) is 55.0 Å². The van der Waals surface area contributed by atoms with Gasteiger partial charge in [-0.05, 0) is 31.6 Å². The first-order valence-electron chi connectivity index (χ1n) is 11.0. The van der Waals surface area contributed by atoms with E-state index in [0.717, 1.165) is 44.3 Å². The van der Waals surface area contributed by atoms with E-state index in [-0.39, 0.29) is 17.7 Å². The first-order chi connectivity index (χ1) is 14.0. The quantitative estimate of drug-likeness (QED) is 0.240. The zero-order valence-electron chi connectivity index (χ0n) is 17.7. The summed E-state index contributed by atoms with van der Waals surface area (Å²) >= 11 is 1.97. The third-order valence-electron chi connectivity index (χ3n) is 5.36. The molecule has 0 spiro atoms. The molecule has 3 atom stereocenters. The number of nitrogens with zero attached hydrogens (tertiary/aromatic N) is 1. The molecule has 0 aromatic rings. The van der Waals surface area contributed by atoms with Gasteiger partial charge in [0.1, 0.15) is 0 Å². The normalized spacial score (nSPS) is 23.4. The monoisotopic (exact) mass is 424 g/mol. The molecule has 0 bridgehead atoms. The molecule has 3 amide bonds. The van der Waals surface area contributed by atoms with Crippen molar-refractivity contribution in [1.29, 1.82) is 0 Å². The van der Waals surface area contributed by atoms with Crippen molar-refractivity contribution in [3.05, 3.63) is 0 Å². The fourth-order valence-corrected chi connectivity index (χ4v) is 5.43. The predicted octanol–water partition coefficient (Wildman–Crippen LogP) is 2.60. The maximum absolute atomic E-state index is 11.9. The number of unbranched alkanes of at least 4 members (excludes halogenated alkanes) is 3. The van der Waals surface area contributed by atoms with E-state index in [9.17, 15) is 14.4 Å². The molecular weight excluding hydrogens is 388 g/mol. The fraction of sp³-hybridized carbons (Fsp3) is 0.810. The highest BCUT2D eigenvalue weighted by Crippen LogP contribution is 2.40. The smallest absolute Gasteiger partial charge is 0.240 e. The van der Waals surface area contributed by atoms with Gasteiger partial charge in [0.2, 0.25) is 17.7 Å². The van der Waals surface area contributed by atoms with Gasteiger partial charge in [-0.2, -0.15) is 16.9 Å². The van der Waals surface area contributed by atoms with Gasteiger partial charge in [0.05, 0.1) is 0 Å². The van der Waals surface area contributed by atoms with Crippen molar-refractivity contribution >= 4 is 35.7 Å². The second-order valence-electron chi connectivity index (χ2n) is 8.38. The lowest BCUT2D eigenvalue weighted by molar-refractivity contribution is -0.122. The molecule has 164 valence electrons. The first kappa shape index (κ1) is 23.7. The highest BCUT2D eigenvalue weighted by atomic mass is 32.2. The Morgan fingerprint density at radius 1 is 1.17 bits per heavy atom. The zero-order valence-corrected chi connectivity index (χ0v) is 18.6. The maximum atomic E-state index is 11.9. The minimum atomic E-state index is -0.0598. The molecule has 8 heteroatoms. The molecule has 0 radical (unpaired) electrons. The van der Waals surface area contributed by atoms with Crippen molar-refractivity contribution in [2.24, 2.45) is 16.9 Å². The average molecular weight is 425 g/mol. The Kier molecular flexibility index (Phi) is 10.5. The van der Waals surface area contributed by atoms with Crippen molar-refractivity contribution in [3.63, 3.8) is 0 Å². The van der Waals surface area contributed by atoms with Crippen LogP contribution in [0.5, 0.6) is 0 Å². The molecule has 3 unspecified atom stereocenters. The first-order valence-corrected chi connectivity index (χ1v) is 12.0. The summed E-state index contributed by atoms with van der Waals surface area (Å²) < 4.78 is 0. The van der Waals surface area contributed by atoms with Crippen LogP contribution in [0.4, 0.5) is 0 Å². The number of thioether (sulfide) groups is 1. The Morgan fingerprint density at radius 2 is 1.93 bits per heavy atom. The molecular formula is C21H36N4O3S. The van der Waals surface area contributed by atoms with E-state index in [2.05, 4.69) is 21.2 Å². The summed E-state index contributed by atoms with van der Waals surface area (Å²) in [5.74, 6) is 2.10. The molecule has 2 saturated heterocycles. The van der Waals surface area contributed by atoms with Crippen LogP contribution in [-0.4, -0.2) is 47.5 Å².